The van der Waals surface area contributed by atoms with Gasteiger partial charge in [-0.2, -0.15) is 0 Å². The van der Waals surface area contributed by atoms with Gasteiger partial charge in [0.1, 0.15) is 0 Å². The number of hydrogen-bond donors (Lipinski definition) is 0. The second-order valence-electron chi connectivity index (χ2n) is 0.930. The van der Waals surface area contributed by atoms with E-state index < -0.39 is 0 Å². The van der Waals surface area contributed by atoms with E-state index in [1.807, 2.05) is 0 Å². The van der Waals surface area contributed by atoms with Crippen LogP contribution in [0.15, 0.2) is 0 Å². The summed E-state index contributed by atoms with van der Waals surface area (Å²) >= 11 is 0. The van der Waals surface area contributed by atoms with Crippen molar-refractivity contribution in [3.05, 3.63) is 0 Å². The molecule has 0 aliphatic carbocycles. The van der Waals surface area contributed by atoms with Crippen molar-refractivity contribution in [1.29, 1.82) is 0 Å². The molecular weight excluding hydrogens is 139 g/mol. The number of ether oxygens (including phenoxy) is 1. The van der Waals surface area contributed by atoms with Crippen LogP contribution in [0.25, 0.3) is 0 Å². The number of hydrogen-bond acceptors (Lipinski definition) is 2. The van der Waals surface area contributed by atoms with Crippen LogP contribution in [0.2, 0.25) is 0 Å². The molecule has 0 spiro atoms. The van der Waals surface area contributed by atoms with Gasteiger partial charge in [-0.05, 0) is 0 Å². The van der Waals surface area contributed by atoms with Crippen LogP contribution < -0.4 is 0 Å². The Morgan fingerprint density at radius 3 is 2.14 bits per heavy atom. The summed E-state index contributed by atoms with van der Waals surface area (Å²) in [5, 5.41) is 0. The quantitative estimate of drug-likeness (QED) is 0.506. The normalized spacial score (nSPS) is 6.57. The van der Waals surface area contributed by atoms with Gasteiger partial charge >= 0.3 is 5.97 Å². The zero-order chi connectivity index (χ0) is 4.99. The molecule has 0 rings (SSSR count). The van der Waals surface area contributed by atoms with Gasteiger partial charge in [0, 0.05) is 23.2 Å². The SMILES string of the molecule is CCC(=O)OC.[Co]. The number of carbonyl (C=O) groups excluding carboxylic acids is 1. The molecule has 0 saturated carbocycles. The van der Waals surface area contributed by atoms with Crippen LogP contribution >= 0.6 is 0 Å². The van der Waals surface area contributed by atoms with Gasteiger partial charge in [-0.25, -0.2) is 0 Å². The van der Waals surface area contributed by atoms with Crippen LogP contribution in [0.4, 0.5) is 0 Å². The van der Waals surface area contributed by atoms with E-state index in [9.17, 15) is 4.79 Å². The van der Waals surface area contributed by atoms with Crippen molar-refractivity contribution >= 4 is 5.97 Å². The van der Waals surface area contributed by atoms with E-state index in [1.54, 1.807) is 6.92 Å². The Morgan fingerprint density at radius 2 is 2.14 bits per heavy atom. The van der Waals surface area contributed by atoms with E-state index in [4.69, 9.17) is 0 Å². The first-order chi connectivity index (χ1) is 2.81. The van der Waals surface area contributed by atoms with Crippen molar-refractivity contribution in [2.45, 2.75) is 13.3 Å². The zero-order valence-corrected chi connectivity index (χ0v) is 5.40. The summed E-state index contributed by atoms with van der Waals surface area (Å²) in [6.07, 6.45) is 0.469. The molecule has 0 amide bonds. The molecule has 0 fully saturated rings. The predicted octanol–water partition coefficient (Wildman–Crippen LogP) is 0.567. The molecule has 1 radical (unpaired) electrons. The molecule has 7 heavy (non-hydrogen) atoms. The molecule has 0 atom stereocenters. The molecule has 0 aromatic carbocycles. The monoisotopic (exact) mass is 147 g/mol. The summed E-state index contributed by atoms with van der Waals surface area (Å²) in [4.78, 5) is 9.96. The van der Waals surface area contributed by atoms with E-state index in [2.05, 4.69) is 4.74 Å². The van der Waals surface area contributed by atoms with Crippen LogP contribution in [0, 0.1) is 0 Å². The van der Waals surface area contributed by atoms with Crippen molar-refractivity contribution in [3.63, 3.8) is 0 Å². The van der Waals surface area contributed by atoms with Gasteiger partial charge < -0.3 is 4.74 Å². The third-order valence-corrected chi connectivity index (χ3v) is 0.516. The van der Waals surface area contributed by atoms with Crippen LogP contribution in [0.1, 0.15) is 13.3 Å². The largest absolute Gasteiger partial charge is 0.469 e. The van der Waals surface area contributed by atoms with Gasteiger partial charge in [0.05, 0.1) is 7.11 Å². The van der Waals surface area contributed by atoms with E-state index in [-0.39, 0.29) is 22.7 Å². The van der Waals surface area contributed by atoms with Crippen LogP contribution in [-0.2, 0) is 26.3 Å². The summed E-state index contributed by atoms with van der Waals surface area (Å²) in [6, 6.07) is 0. The summed E-state index contributed by atoms with van der Waals surface area (Å²) in [5.41, 5.74) is 0. The Labute approximate surface area is 53.4 Å². The third kappa shape index (κ3) is 5.98. The summed E-state index contributed by atoms with van der Waals surface area (Å²) < 4.78 is 4.26. The molecule has 0 N–H and O–H groups in total. The van der Waals surface area contributed by atoms with E-state index >= 15 is 0 Å². The Kier molecular flexibility index (Phi) is 8.59. The van der Waals surface area contributed by atoms with Crippen LogP contribution in [0.3, 0.4) is 0 Å². The molecule has 0 saturated heterocycles. The van der Waals surface area contributed by atoms with Crippen molar-refractivity contribution in [2.75, 3.05) is 7.11 Å². The van der Waals surface area contributed by atoms with Gasteiger partial charge in [0.15, 0.2) is 0 Å². The first kappa shape index (κ1) is 10.1. The maximum atomic E-state index is 9.96. The molecule has 0 aliphatic heterocycles. The topological polar surface area (TPSA) is 26.3 Å². The Bertz CT molecular complexity index is 47.7. The van der Waals surface area contributed by atoms with Crippen molar-refractivity contribution in [1.82, 2.24) is 0 Å². The van der Waals surface area contributed by atoms with Crippen molar-refractivity contribution in [3.8, 4) is 0 Å². The second kappa shape index (κ2) is 5.98. The maximum absolute atomic E-state index is 9.96. The first-order valence-electron chi connectivity index (χ1n) is 1.88. The molecular formula is C4H8CoO2. The fourth-order valence-electron chi connectivity index (χ4n) is 0.144. The molecule has 0 aromatic heterocycles. The fourth-order valence-corrected chi connectivity index (χ4v) is 0.144. The molecule has 0 aromatic rings. The van der Waals surface area contributed by atoms with Crippen LogP contribution in [-0.4, -0.2) is 13.1 Å². The van der Waals surface area contributed by atoms with E-state index in [1.165, 1.54) is 7.11 Å². The molecule has 2 nitrogen and oxygen atoms in total. The van der Waals surface area contributed by atoms with Crippen molar-refractivity contribution in [2.24, 2.45) is 0 Å². The third-order valence-electron chi connectivity index (χ3n) is 0.516. The number of esters is 1. The standard InChI is InChI=1S/C4H8O2.Co/c1-3-4(5)6-2;/h3H2,1-2H3;. The Morgan fingerprint density at radius 1 is 1.71 bits per heavy atom. The van der Waals surface area contributed by atoms with Crippen LogP contribution in [0.5, 0.6) is 0 Å². The average molecular weight is 147 g/mol. The number of rotatable bonds is 1. The van der Waals surface area contributed by atoms with E-state index in [0.717, 1.165) is 0 Å². The smallest absolute Gasteiger partial charge is 0.305 e. The average Bonchev–Trinajstić information content (AvgIpc) is 1.65. The molecule has 0 heterocycles. The predicted molar refractivity (Wildman–Crippen MR) is 22.3 cm³/mol. The van der Waals surface area contributed by atoms with Gasteiger partial charge in [-0.3, -0.25) is 4.79 Å². The molecule has 45 valence electrons. The molecule has 0 aliphatic rings. The summed E-state index contributed by atoms with van der Waals surface area (Å²) in [5.74, 6) is -0.157. The van der Waals surface area contributed by atoms with E-state index in [0.29, 0.717) is 6.42 Å². The Hall–Kier alpha value is -0.0235. The molecule has 3 heteroatoms. The summed E-state index contributed by atoms with van der Waals surface area (Å²) in [7, 11) is 1.38. The van der Waals surface area contributed by atoms with Gasteiger partial charge in [-0.1, -0.05) is 6.92 Å². The second-order valence-corrected chi connectivity index (χ2v) is 0.930. The Balaban J connectivity index is 0. The minimum atomic E-state index is -0.157. The van der Waals surface area contributed by atoms with Crippen molar-refractivity contribution < 1.29 is 26.3 Å². The van der Waals surface area contributed by atoms with Gasteiger partial charge in [0.25, 0.3) is 0 Å². The first-order valence-corrected chi connectivity index (χ1v) is 1.88. The number of methoxy groups -OCH3 is 1. The molecule has 0 unspecified atom stereocenters. The maximum Gasteiger partial charge on any atom is 0.305 e. The number of carbonyl (C=O) groups is 1. The minimum Gasteiger partial charge on any atom is -0.469 e. The molecule has 0 bridgehead atoms. The fraction of sp³-hybridized carbons (Fsp3) is 0.750. The zero-order valence-electron chi connectivity index (χ0n) is 4.36. The summed E-state index contributed by atoms with van der Waals surface area (Å²) in [6.45, 7) is 1.76. The van der Waals surface area contributed by atoms with Gasteiger partial charge in [-0.15, -0.1) is 0 Å². The van der Waals surface area contributed by atoms with Gasteiger partial charge in [0.2, 0.25) is 0 Å². The minimum absolute atomic E-state index is 0.